The van der Waals surface area contributed by atoms with E-state index in [-0.39, 0.29) is 5.91 Å². The molecule has 2 saturated carbocycles. The highest BCUT2D eigenvalue weighted by Crippen LogP contribution is 2.39. The van der Waals surface area contributed by atoms with Gasteiger partial charge >= 0.3 is 0 Å². The van der Waals surface area contributed by atoms with Crippen LogP contribution in [0.5, 0.6) is 0 Å². The Kier molecular flexibility index (Phi) is 7.31. The molecule has 0 spiro atoms. The minimum atomic E-state index is -0.444. The number of aromatic nitrogens is 1. The number of likely N-dealkylation sites (N-methyl/N-ethyl adjacent to an activating group) is 1. The van der Waals surface area contributed by atoms with Crippen LogP contribution in [-0.2, 0) is 11.3 Å². The monoisotopic (exact) mass is 424 g/mol. The maximum Gasteiger partial charge on any atom is 0.253 e. The molecule has 3 aliphatic rings. The van der Waals surface area contributed by atoms with Gasteiger partial charge in [0.2, 0.25) is 0 Å². The number of nitrogens with zero attached hydrogens (tertiary/aromatic N) is 2. The van der Waals surface area contributed by atoms with Gasteiger partial charge in [-0.1, -0.05) is 51.5 Å². The van der Waals surface area contributed by atoms with Crippen LogP contribution in [-0.4, -0.2) is 34.4 Å². The van der Waals surface area contributed by atoms with Crippen molar-refractivity contribution in [1.82, 2.24) is 20.5 Å². The lowest BCUT2D eigenvalue weighted by molar-refractivity contribution is -0.132. The first-order valence-electron chi connectivity index (χ1n) is 12.4. The van der Waals surface area contributed by atoms with Crippen LogP contribution in [0.15, 0.2) is 36.9 Å². The van der Waals surface area contributed by atoms with Crippen molar-refractivity contribution in [1.29, 1.82) is 0 Å². The van der Waals surface area contributed by atoms with Crippen molar-refractivity contribution in [2.45, 2.75) is 95.2 Å². The van der Waals surface area contributed by atoms with Crippen LogP contribution in [0.1, 0.15) is 82.6 Å². The highest BCUT2D eigenvalue weighted by atomic mass is 16.2. The Hall–Kier alpha value is -1.88. The third-order valence-electron chi connectivity index (χ3n) is 7.97. The highest BCUT2D eigenvalue weighted by Gasteiger charge is 2.48. The van der Waals surface area contributed by atoms with Crippen LogP contribution < -0.4 is 10.6 Å². The number of hydrogen-bond acceptors (Lipinski definition) is 4. The summed E-state index contributed by atoms with van der Waals surface area (Å²) in [6.45, 7) is 5.02. The van der Waals surface area contributed by atoms with Gasteiger partial charge in [-0.2, -0.15) is 0 Å². The molecule has 4 rings (SSSR count). The molecule has 31 heavy (non-hydrogen) atoms. The van der Waals surface area contributed by atoms with Crippen molar-refractivity contribution < 1.29 is 4.79 Å². The summed E-state index contributed by atoms with van der Waals surface area (Å²) in [5.41, 5.74) is 0.840. The molecule has 5 nitrogen and oxygen atoms in total. The lowest BCUT2D eigenvalue weighted by atomic mass is 9.74. The van der Waals surface area contributed by atoms with Gasteiger partial charge in [0.05, 0.1) is 0 Å². The number of hydrogen-bond donors (Lipinski definition) is 2. The van der Waals surface area contributed by atoms with Gasteiger partial charge in [0.15, 0.2) is 0 Å². The SMILES string of the molecule is C=C1N[C@](CCC2CCCCC2)(C[C@H]2CCC[C@@H](NCc3ccncc3)C2)C(=O)N1C. The summed E-state index contributed by atoms with van der Waals surface area (Å²) >= 11 is 0. The molecule has 0 bridgehead atoms. The van der Waals surface area contributed by atoms with E-state index in [4.69, 9.17) is 0 Å². The minimum absolute atomic E-state index is 0.236. The largest absolute Gasteiger partial charge is 0.358 e. The van der Waals surface area contributed by atoms with E-state index in [9.17, 15) is 4.79 Å². The molecular weight excluding hydrogens is 384 g/mol. The summed E-state index contributed by atoms with van der Waals surface area (Å²) in [5.74, 6) is 2.38. The van der Waals surface area contributed by atoms with Gasteiger partial charge in [0.25, 0.3) is 5.91 Å². The molecule has 1 aromatic heterocycles. The molecule has 1 amide bonds. The maximum absolute atomic E-state index is 13.4. The third kappa shape index (κ3) is 5.49. The van der Waals surface area contributed by atoms with E-state index < -0.39 is 5.54 Å². The lowest BCUT2D eigenvalue weighted by Crippen LogP contribution is -2.49. The van der Waals surface area contributed by atoms with Gasteiger partial charge in [-0.05, 0) is 61.6 Å². The number of pyridine rings is 1. The summed E-state index contributed by atoms with van der Waals surface area (Å²) in [6.07, 6.45) is 18.4. The standard InChI is InChI=1S/C26H40N4O/c1-20-29-26(25(31)30(20)2,14-11-21-7-4-3-5-8-21)18-23-9-6-10-24(17-23)28-19-22-12-15-27-16-13-22/h12-13,15-16,21,23-24,28-29H,1,3-11,14,17-19H2,2H3/t23-,24+,26+/m0/s1. The predicted octanol–water partition coefficient (Wildman–Crippen LogP) is 4.75. The molecule has 0 radical (unpaired) electrons. The van der Waals surface area contributed by atoms with E-state index in [0.29, 0.717) is 12.0 Å². The van der Waals surface area contributed by atoms with Crippen molar-refractivity contribution in [2.24, 2.45) is 11.8 Å². The Bertz CT molecular complexity index is 745. The summed E-state index contributed by atoms with van der Waals surface area (Å²) in [7, 11) is 1.87. The number of carbonyl (C=O) groups excluding carboxylic acids is 1. The molecule has 1 saturated heterocycles. The molecule has 5 heteroatoms. The fourth-order valence-electron chi connectivity index (χ4n) is 6.11. The van der Waals surface area contributed by atoms with Crippen LogP contribution in [0.2, 0.25) is 0 Å². The van der Waals surface area contributed by atoms with Crippen LogP contribution in [0.3, 0.4) is 0 Å². The van der Waals surface area contributed by atoms with Crippen LogP contribution >= 0.6 is 0 Å². The lowest BCUT2D eigenvalue weighted by Gasteiger charge is -2.37. The zero-order chi connectivity index (χ0) is 21.7. The fraction of sp³-hybridized carbons (Fsp3) is 0.692. The van der Waals surface area contributed by atoms with Gasteiger partial charge in [-0.3, -0.25) is 9.78 Å². The summed E-state index contributed by atoms with van der Waals surface area (Å²) in [4.78, 5) is 19.2. The molecule has 0 unspecified atom stereocenters. The van der Waals surface area contributed by atoms with E-state index in [1.807, 2.05) is 19.4 Å². The molecule has 3 fully saturated rings. The normalized spacial score (nSPS) is 29.9. The van der Waals surface area contributed by atoms with E-state index in [0.717, 1.165) is 44.0 Å². The summed E-state index contributed by atoms with van der Waals surface area (Å²) in [5, 5.41) is 7.34. The molecule has 0 aromatic carbocycles. The summed E-state index contributed by atoms with van der Waals surface area (Å²) < 4.78 is 0. The second-order valence-electron chi connectivity index (χ2n) is 10.2. The van der Waals surface area contributed by atoms with Crippen molar-refractivity contribution >= 4 is 5.91 Å². The average Bonchev–Trinajstić information content (AvgIpc) is 3.01. The average molecular weight is 425 g/mol. The topological polar surface area (TPSA) is 57.3 Å². The van der Waals surface area contributed by atoms with Gasteiger partial charge in [-0.15, -0.1) is 0 Å². The Morgan fingerprint density at radius 3 is 2.58 bits per heavy atom. The van der Waals surface area contributed by atoms with Crippen LogP contribution in [0.4, 0.5) is 0 Å². The van der Waals surface area contributed by atoms with E-state index in [1.165, 1.54) is 56.9 Å². The zero-order valence-corrected chi connectivity index (χ0v) is 19.2. The van der Waals surface area contributed by atoms with Crippen molar-refractivity contribution in [3.05, 3.63) is 42.5 Å². The molecule has 1 aliphatic heterocycles. The molecule has 2 N–H and O–H groups in total. The number of carbonyl (C=O) groups is 1. The van der Waals surface area contributed by atoms with Gasteiger partial charge in [-0.25, -0.2) is 0 Å². The number of nitrogens with one attached hydrogen (secondary N) is 2. The minimum Gasteiger partial charge on any atom is -0.358 e. The molecular formula is C26H40N4O. The first-order chi connectivity index (χ1) is 15.1. The van der Waals surface area contributed by atoms with Crippen LogP contribution in [0, 0.1) is 11.8 Å². The highest BCUT2D eigenvalue weighted by molar-refractivity contribution is 5.90. The van der Waals surface area contributed by atoms with Gasteiger partial charge in [0, 0.05) is 32.0 Å². The zero-order valence-electron chi connectivity index (χ0n) is 19.2. The van der Waals surface area contributed by atoms with Crippen LogP contribution in [0.25, 0.3) is 0 Å². The van der Waals surface area contributed by atoms with Gasteiger partial charge < -0.3 is 15.5 Å². The molecule has 2 heterocycles. The molecule has 1 aromatic rings. The number of amides is 1. The number of rotatable bonds is 8. The summed E-state index contributed by atoms with van der Waals surface area (Å²) in [6, 6.07) is 4.69. The molecule has 170 valence electrons. The maximum atomic E-state index is 13.4. The fourth-order valence-corrected chi connectivity index (χ4v) is 6.11. The quantitative estimate of drug-likeness (QED) is 0.632. The van der Waals surface area contributed by atoms with Crippen molar-refractivity contribution in [3.63, 3.8) is 0 Å². The van der Waals surface area contributed by atoms with E-state index in [1.54, 1.807) is 4.90 Å². The van der Waals surface area contributed by atoms with Crippen molar-refractivity contribution in [3.8, 4) is 0 Å². The second kappa shape index (κ2) is 10.2. The Morgan fingerprint density at radius 2 is 1.87 bits per heavy atom. The van der Waals surface area contributed by atoms with E-state index >= 15 is 0 Å². The Labute approximate surface area is 188 Å². The molecule has 3 atom stereocenters. The van der Waals surface area contributed by atoms with Crippen molar-refractivity contribution in [2.75, 3.05) is 7.05 Å². The third-order valence-corrected chi connectivity index (χ3v) is 7.97. The van der Waals surface area contributed by atoms with Gasteiger partial charge in [0.1, 0.15) is 11.4 Å². The smallest absolute Gasteiger partial charge is 0.253 e. The molecule has 2 aliphatic carbocycles. The Morgan fingerprint density at radius 1 is 1.13 bits per heavy atom. The van der Waals surface area contributed by atoms with E-state index in [2.05, 4.69) is 34.3 Å². The Balaban J connectivity index is 1.37. The second-order valence-corrected chi connectivity index (χ2v) is 10.2. The first kappa shape index (κ1) is 22.3. The predicted molar refractivity (Wildman–Crippen MR) is 125 cm³/mol. The first-order valence-corrected chi connectivity index (χ1v) is 12.4.